The van der Waals surface area contributed by atoms with Gasteiger partial charge in [-0.1, -0.05) is 122 Å². The molecule has 33 heavy (non-hydrogen) atoms. The molecule has 0 saturated heterocycles. The van der Waals surface area contributed by atoms with E-state index in [4.69, 9.17) is 0 Å². The van der Waals surface area contributed by atoms with Gasteiger partial charge in [-0.05, 0) is 39.3 Å². The summed E-state index contributed by atoms with van der Waals surface area (Å²) in [5.41, 5.74) is 8.53. The molecule has 2 atom stereocenters. The fourth-order valence-electron chi connectivity index (χ4n) is 4.88. The van der Waals surface area contributed by atoms with Gasteiger partial charge in [-0.15, -0.1) is 0 Å². The summed E-state index contributed by atoms with van der Waals surface area (Å²) in [6.07, 6.45) is 10.8. The van der Waals surface area contributed by atoms with Crippen LogP contribution in [-0.4, -0.2) is 5.71 Å². The molecule has 0 fully saturated rings. The molecule has 0 radical (unpaired) electrons. The molecule has 2 unspecified atom stereocenters. The molecule has 2 heteroatoms. The smallest absolute Gasteiger partial charge is 0.173 e. The maximum atomic E-state index is 9.77. The van der Waals surface area contributed by atoms with Gasteiger partial charge in [0.15, 0.2) is 0 Å². The first kappa shape index (κ1) is 20.7. The van der Waals surface area contributed by atoms with Gasteiger partial charge in [0.1, 0.15) is 0 Å². The molecule has 0 spiro atoms. The zero-order valence-electron chi connectivity index (χ0n) is 18.5. The van der Waals surface area contributed by atoms with Crippen molar-refractivity contribution in [1.29, 1.82) is 5.26 Å². The van der Waals surface area contributed by atoms with E-state index in [1.807, 2.05) is 30.3 Å². The van der Waals surface area contributed by atoms with Crippen LogP contribution in [0.4, 0.5) is 0 Å². The fourth-order valence-corrected chi connectivity index (χ4v) is 4.88. The average Bonchev–Trinajstić information content (AvgIpc) is 3.21. The molecule has 2 nitrogen and oxygen atoms in total. The monoisotopic (exact) mass is 424 g/mol. The molecule has 3 aromatic rings. The van der Waals surface area contributed by atoms with Crippen LogP contribution in [0.1, 0.15) is 23.6 Å². The summed E-state index contributed by atoms with van der Waals surface area (Å²) in [4.78, 5) is 4.47. The number of allylic oxidation sites excluding steroid dienone is 8. The van der Waals surface area contributed by atoms with Gasteiger partial charge in [0.2, 0.25) is 6.19 Å². The van der Waals surface area contributed by atoms with Crippen LogP contribution >= 0.6 is 0 Å². The third kappa shape index (κ3) is 3.79. The summed E-state index contributed by atoms with van der Waals surface area (Å²) in [5, 5.41) is 9.77. The summed E-state index contributed by atoms with van der Waals surface area (Å²) in [5.74, 6) is 0.414. The number of benzene rings is 3. The first-order chi connectivity index (χ1) is 16.3. The van der Waals surface area contributed by atoms with Crippen LogP contribution in [-0.2, 0) is 0 Å². The number of aliphatic imine (C=N–C) groups is 1. The van der Waals surface area contributed by atoms with Gasteiger partial charge in [0, 0.05) is 11.5 Å². The molecule has 158 valence electrons. The van der Waals surface area contributed by atoms with Crippen LogP contribution < -0.4 is 0 Å². The Morgan fingerprint density at radius 1 is 0.636 bits per heavy atom. The van der Waals surface area contributed by atoms with Gasteiger partial charge in [0.05, 0.1) is 5.71 Å². The lowest BCUT2D eigenvalue weighted by molar-refractivity contribution is 0.594. The molecule has 0 N–H and O–H groups in total. The van der Waals surface area contributed by atoms with Crippen molar-refractivity contribution in [1.82, 2.24) is 0 Å². The first-order valence-electron chi connectivity index (χ1n) is 11.3. The Morgan fingerprint density at radius 3 is 1.64 bits per heavy atom. The molecule has 5 rings (SSSR count). The largest absolute Gasteiger partial charge is 0.206 e. The SMILES string of the molecule is CC1C=CC=CC1C1=C(c2ccccc2)C(c2ccccc2)=C(c2ccccc2)C1=NC#N. The van der Waals surface area contributed by atoms with Crippen LogP contribution in [0.2, 0.25) is 0 Å². The van der Waals surface area contributed by atoms with E-state index in [0.717, 1.165) is 44.7 Å². The normalized spacial score (nSPS) is 21.0. The molecule has 0 bridgehead atoms. The Hall–Kier alpha value is -4.22. The van der Waals surface area contributed by atoms with Crippen LogP contribution in [0.15, 0.2) is 126 Å². The summed E-state index contributed by atoms with van der Waals surface area (Å²) < 4.78 is 0. The number of rotatable bonds is 4. The van der Waals surface area contributed by atoms with Crippen molar-refractivity contribution in [2.75, 3.05) is 0 Å². The van der Waals surface area contributed by atoms with Crippen molar-refractivity contribution in [3.63, 3.8) is 0 Å². The van der Waals surface area contributed by atoms with Crippen LogP contribution in [0.25, 0.3) is 16.7 Å². The van der Waals surface area contributed by atoms with Crippen molar-refractivity contribution in [3.8, 4) is 6.19 Å². The topological polar surface area (TPSA) is 36.1 Å². The van der Waals surface area contributed by atoms with Gasteiger partial charge in [0.25, 0.3) is 0 Å². The zero-order chi connectivity index (χ0) is 22.6. The summed E-state index contributed by atoms with van der Waals surface area (Å²) >= 11 is 0. The summed E-state index contributed by atoms with van der Waals surface area (Å²) in [6, 6.07) is 31.3. The predicted octanol–water partition coefficient (Wildman–Crippen LogP) is 7.37. The van der Waals surface area contributed by atoms with Crippen LogP contribution in [0.5, 0.6) is 0 Å². The highest BCUT2D eigenvalue weighted by molar-refractivity contribution is 6.49. The molecular weight excluding hydrogens is 400 g/mol. The zero-order valence-corrected chi connectivity index (χ0v) is 18.5. The first-order valence-corrected chi connectivity index (χ1v) is 11.3. The highest BCUT2D eigenvalue weighted by atomic mass is 14.8. The maximum Gasteiger partial charge on any atom is 0.206 e. The van der Waals surface area contributed by atoms with E-state index in [0.29, 0.717) is 5.92 Å². The number of nitrogens with zero attached hydrogens (tertiary/aromatic N) is 2. The van der Waals surface area contributed by atoms with E-state index in [1.165, 1.54) is 0 Å². The number of hydrogen-bond acceptors (Lipinski definition) is 2. The molecule has 3 aromatic carbocycles. The second-order valence-electron chi connectivity index (χ2n) is 8.35. The Bertz CT molecular complexity index is 1350. The molecule has 0 amide bonds. The van der Waals surface area contributed by atoms with Crippen LogP contribution in [0.3, 0.4) is 0 Å². The summed E-state index contributed by atoms with van der Waals surface area (Å²) in [6.45, 7) is 2.23. The molecule has 0 aromatic heterocycles. The highest BCUT2D eigenvalue weighted by Crippen LogP contribution is 2.50. The number of hydrogen-bond donors (Lipinski definition) is 0. The van der Waals surface area contributed by atoms with E-state index in [2.05, 4.69) is 103 Å². The molecule has 0 heterocycles. The fraction of sp³-hybridized carbons (Fsp3) is 0.0968. The van der Waals surface area contributed by atoms with Gasteiger partial charge in [-0.2, -0.15) is 10.3 Å². The van der Waals surface area contributed by atoms with Crippen LogP contribution in [0, 0.1) is 23.3 Å². The molecule has 0 saturated carbocycles. The standard InChI is InChI=1S/C31H24N2/c1-22-13-11-12-20-26(22)30-28(24-16-7-3-8-17-24)27(23-14-5-2-6-15-23)29(31(30)33-21-32)25-18-9-4-10-19-25/h2-20,22,26H,1H3. The van der Waals surface area contributed by atoms with Crippen molar-refractivity contribution >= 4 is 22.4 Å². The molecule has 0 aliphatic heterocycles. The lowest BCUT2D eigenvalue weighted by atomic mass is 9.79. The third-order valence-electron chi connectivity index (χ3n) is 6.35. The molecule has 2 aliphatic carbocycles. The third-order valence-corrected chi connectivity index (χ3v) is 6.35. The average molecular weight is 425 g/mol. The van der Waals surface area contributed by atoms with Crippen molar-refractivity contribution in [3.05, 3.63) is 138 Å². The Kier molecular flexibility index (Phi) is 5.70. The van der Waals surface area contributed by atoms with Crippen molar-refractivity contribution < 1.29 is 0 Å². The molecule has 2 aliphatic rings. The maximum absolute atomic E-state index is 9.77. The van der Waals surface area contributed by atoms with Gasteiger partial charge >= 0.3 is 0 Å². The van der Waals surface area contributed by atoms with Crippen molar-refractivity contribution in [2.45, 2.75) is 6.92 Å². The highest BCUT2D eigenvalue weighted by Gasteiger charge is 2.37. The Labute approximate surface area is 195 Å². The van der Waals surface area contributed by atoms with E-state index < -0.39 is 0 Å². The predicted molar refractivity (Wildman–Crippen MR) is 137 cm³/mol. The Morgan fingerprint density at radius 2 is 1.12 bits per heavy atom. The van der Waals surface area contributed by atoms with Gasteiger partial charge < -0.3 is 0 Å². The van der Waals surface area contributed by atoms with Gasteiger partial charge in [-0.3, -0.25) is 0 Å². The minimum absolute atomic E-state index is 0.122. The van der Waals surface area contributed by atoms with E-state index in [9.17, 15) is 5.26 Å². The second-order valence-corrected chi connectivity index (χ2v) is 8.35. The van der Waals surface area contributed by atoms with E-state index in [-0.39, 0.29) is 5.92 Å². The Balaban J connectivity index is 1.90. The lowest BCUT2D eigenvalue weighted by Crippen LogP contribution is -2.18. The van der Waals surface area contributed by atoms with Gasteiger partial charge in [-0.25, -0.2) is 0 Å². The number of nitriles is 1. The quantitative estimate of drug-likeness (QED) is 0.403. The summed E-state index contributed by atoms with van der Waals surface area (Å²) in [7, 11) is 0. The lowest BCUT2D eigenvalue weighted by Gasteiger charge is -2.25. The second kappa shape index (κ2) is 9.10. The molecular formula is C31H24N2. The minimum Gasteiger partial charge on any atom is -0.173 e. The van der Waals surface area contributed by atoms with E-state index in [1.54, 1.807) is 0 Å². The van der Waals surface area contributed by atoms with E-state index >= 15 is 0 Å². The van der Waals surface area contributed by atoms with Crippen molar-refractivity contribution in [2.24, 2.45) is 16.8 Å². The minimum atomic E-state index is 0.122.